The van der Waals surface area contributed by atoms with E-state index in [1.807, 2.05) is 21.1 Å². The monoisotopic (exact) mass is 376 g/mol. The molecular weight excluding hydrogens is 344 g/mol. The van der Waals surface area contributed by atoms with E-state index < -0.39 is 0 Å². The van der Waals surface area contributed by atoms with Gasteiger partial charge in [-0.1, -0.05) is 25.0 Å². The molecule has 1 saturated carbocycles. The van der Waals surface area contributed by atoms with Gasteiger partial charge < -0.3 is 15.1 Å². The molecule has 0 unspecified atom stereocenters. The fraction of sp³-hybridized carbons (Fsp3) is 0.600. The normalized spacial score (nSPS) is 16.4. The molecule has 0 bridgehead atoms. The van der Waals surface area contributed by atoms with Crippen molar-refractivity contribution in [2.45, 2.75) is 37.1 Å². The van der Waals surface area contributed by atoms with Crippen molar-refractivity contribution in [2.24, 2.45) is 10.4 Å². The number of thioether (sulfide) groups is 1. The van der Waals surface area contributed by atoms with Crippen molar-refractivity contribution in [1.82, 2.24) is 15.1 Å². The van der Waals surface area contributed by atoms with Crippen LogP contribution in [0.15, 0.2) is 34.2 Å². The van der Waals surface area contributed by atoms with E-state index in [9.17, 15) is 4.79 Å². The Morgan fingerprint density at radius 2 is 1.81 bits per heavy atom. The van der Waals surface area contributed by atoms with Crippen molar-refractivity contribution in [1.29, 1.82) is 0 Å². The molecule has 5 nitrogen and oxygen atoms in total. The fourth-order valence-electron chi connectivity index (χ4n) is 3.71. The average Bonchev–Trinajstić information content (AvgIpc) is 3.12. The number of carbonyl (C=O) groups excluding carboxylic acids is 1. The van der Waals surface area contributed by atoms with Crippen LogP contribution in [0.1, 0.15) is 31.2 Å². The maximum absolute atomic E-state index is 12.7. The number of nitrogens with one attached hydrogen (secondary N) is 1. The summed E-state index contributed by atoms with van der Waals surface area (Å²) in [5, 5.41) is 3.45. The van der Waals surface area contributed by atoms with Crippen molar-refractivity contribution in [2.75, 3.05) is 41.0 Å². The minimum atomic E-state index is -0.291. The zero-order chi connectivity index (χ0) is 19.2. The number of hydrogen-bond donors (Lipinski definition) is 1. The van der Waals surface area contributed by atoms with E-state index in [1.165, 1.54) is 10.5 Å². The minimum absolute atomic E-state index is 0.230. The summed E-state index contributed by atoms with van der Waals surface area (Å²) in [5.41, 5.74) is 0.952. The second kappa shape index (κ2) is 9.31. The molecule has 26 heavy (non-hydrogen) atoms. The largest absolute Gasteiger partial charge is 0.355 e. The van der Waals surface area contributed by atoms with Gasteiger partial charge in [-0.3, -0.25) is 9.79 Å². The Morgan fingerprint density at radius 1 is 1.19 bits per heavy atom. The van der Waals surface area contributed by atoms with Crippen LogP contribution in [0.25, 0.3) is 0 Å². The first-order valence-electron chi connectivity index (χ1n) is 9.18. The summed E-state index contributed by atoms with van der Waals surface area (Å²) in [6.45, 7) is 1.43. The van der Waals surface area contributed by atoms with Gasteiger partial charge in [0.2, 0.25) is 5.91 Å². The molecule has 1 aliphatic rings. The molecule has 2 rings (SSSR count). The SMILES string of the molecule is CN=C(NCC1(C(=O)N(C)C)CCCC1)N(C)Cc1ccc(SC)cc1. The van der Waals surface area contributed by atoms with Crippen LogP contribution in [-0.4, -0.2) is 62.7 Å². The number of carbonyl (C=O) groups is 1. The first kappa shape index (κ1) is 20.6. The molecule has 0 aromatic heterocycles. The van der Waals surface area contributed by atoms with Crippen molar-refractivity contribution >= 4 is 23.6 Å². The minimum Gasteiger partial charge on any atom is -0.355 e. The molecule has 1 amide bonds. The second-order valence-corrected chi connectivity index (χ2v) is 8.17. The second-order valence-electron chi connectivity index (χ2n) is 7.29. The molecule has 0 spiro atoms. The Hall–Kier alpha value is -1.69. The van der Waals surface area contributed by atoms with Gasteiger partial charge in [-0.15, -0.1) is 11.8 Å². The molecule has 1 aliphatic carbocycles. The lowest BCUT2D eigenvalue weighted by Gasteiger charge is -2.32. The molecule has 144 valence electrons. The zero-order valence-electron chi connectivity index (χ0n) is 16.7. The molecule has 0 aliphatic heterocycles. The van der Waals surface area contributed by atoms with Crippen LogP contribution in [0.4, 0.5) is 0 Å². The number of guanidine groups is 1. The third-order valence-electron chi connectivity index (χ3n) is 5.16. The highest BCUT2D eigenvalue weighted by Gasteiger charge is 2.42. The zero-order valence-corrected chi connectivity index (χ0v) is 17.5. The van der Waals surface area contributed by atoms with Gasteiger partial charge in [0.25, 0.3) is 0 Å². The first-order chi connectivity index (χ1) is 12.4. The molecule has 6 heteroatoms. The molecule has 0 radical (unpaired) electrons. The molecular formula is C20H32N4OS. The van der Waals surface area contributed by atoms with Crippen molar-refractivity contribution < 1.29 is 4.79 Å². The third-order valence-corrected chi connectivity index (χ3v) is 5.90. The lowest BCUT2D eigenvalue weighted by Crippen LogP contribution is -2.49. The summed E-state index contributed by atoms with van der Waals surface area (Å²) in [4.78, 5) is 22.2. The smallest absolute Gasteiger partial charge is 0.230 e. The maximum atomic E-state index is 12.7. The molecule has 1 aromatic carbocycles. The van der Waals surface area contributed by atoms with Crippen molar-refractivity contribution in [3.8, 4) is 0 Å². The molecule has 0 saturated heterocycles. The summed E-state index contributed by atoms with van der Waals surface area (Å²) in [6, 6.07) is 8.61. The summed E-state index contributed by atoms with van der Waals surface area (Å²) in [7, 11) is 7.53. The Labute approximate surface area is 162 Å². The highest BCUT2D eigenvalue weighted by molar-refractivity contribution is 7.98. The predicted octanol–water partition coefficient (Wildman–Crippen LogP) is 3.06. The van der Waals surface area contributed by atoms with Crippen LogP contribution in [-0.2, 0) is 11.3 Å². The summed E-state index contributed by atoms with van der Waals surface area (Å²) in [6.07, 6.45) is 6.23. The van der Waals surface area contributed by atoms with Crippen LogP contribution < -0.4 is 5.32 Å². The van der Waals surface area contributed by atoms with Gasteiger partial charge in [0.1, 0.15) is 0 Å². The Kier molecular flexibility index (Phi) is 7.38. The molecule has 0 heterocycles. The number of amides is 1. The highest BCUT2D eigenvalue weighted by atomic mass is 32.2. The van der Waals surface area contributed by atoms with E-state index in [4.69, 9.17) is 0 Å². The van der Waals surface area contributed by atoms with Crippen LogP contribution in [0.3, 0.4) is 0 Å². The van der Waals surface area contributed by atoms with Gasteiger partial charge >= 0.3 is 0 Å². The summed E-state index contributed by atoms with van der Waals surface area (Å²) in [5.74, 6) is 1.06. The first-order valence-corrected chi connectivity index (χ1v) is 10.4. The number of hydrogen-bond acceptors (Lipinski definition) is 3. The summed E-state index contributed by atoms with van der Waals surface area (Å²) < 4.78 is 0. The Bertz CT molecular complexity index is 621. The van der Waals surface area contributed by atoms with Crippen LogP contribution in [0.5, 0.6) is 0 Å². The fourth-order valence-corrected chi connectivity index (χ4v) is 4.11. The number of rotatable bonds is 6. The molecule has 0 atom stereocenters. The van der Waals surface area contributed by atoms with Crippen molar-refractivity contribution in [3.63, 3.8) is 0 Å². The van der Waals surface area contributed by atoms with E-state index in [0.29, 0.717) is 6.54 Å². The van der Waals surface area contributed by atoms with Crippen LogP contribution >= 0.6 is 11.8 Å². The van der Waals surface area contributed by atoms with E-state index in [1.54, 1.807) is 23.7 Å². The van der Waals surface area contributed by atoms with Gasteiger partial charge in [-0.05, 0) is 36.8 Å². The van der Waals surface area contributed by atoms with Gasteiger partial charge in [0.05, 0.1) is 5.41 Å². The summed E-state index contributed by atoms with van der Waals surface area (Å²) >= 11 is 1.75. The Morgan fingerprint density at radius 3 is 2.31 bits per heavy atom. The number of aliphatic imine (C=N–C) groups is 1. The molecule has 1 fully saturated rings. The third kappa shape index (κ3) is 4.93. The average molecular weight is 377 g/mol. The van der Waals surface area contributed by atoms with Crippen LogP contribution in [0, 0.1) is 5.41 Å². The van der Waals surface area contributed by atoms with Gasteiger partial charge in [-0.25, -0.2) is 0 Å². The molecule has 1 aromatic rings. The van der Waals surface area contributed by atoms with E-state index >= 15 is 0 Å². The standard InChI is InChI=1S/C20H32N4OS/c1-21-19(24(4)14-16-8-10-17(26-5)11-9-16)22-15-20(12-6-7-13-20)18(25)23(2)3/h8-11H,6-7,12-15H2,1-5H3,(H,21,22). The van der Waals surface area contributed by atoms with E-state index in [-0.39, 0.29) is 11.3 Å². The topological polar surface area (TPSA) is 47.9 Å². The Balaban J connectivity index is 2.00. The number of nitrogens with zero attached hydrogens (tertiary/aromatic N) is 3. The molecule has 1 N–H and O–H groups in total. The number of benzene rings is 1. The maximum Gasteiger partial charge on any atom is 0.230 e. The van der Waals surface area contributed by atoms with Gasteiger partial charge in [-0.2, -0.15) is 0 Å². The van der Waals surface area contributed by atoms with Crippen molar-refractivity contribution in [3.05, 3.63) is 29.8 Å². The van der Waals surface area contributed by atoms with E-state index in [0.717, 1.165) is 38.2 Å². The lowest BCUT2D eigenvalue weighted by molar-refractivity contribution is -0.138. The van der Waals surface area contributed by atoms with Gasteiger partial charge in [0, 0.05) is 46.2 Å². The van der Waals surface area contributed by atoms with Gasteiger partial charge in [0.15, 0.2) is 5.96 Å². The van der Waals surface area contributed by atoms with E-state index in [2.05, 4.69) is 45.7 Å². The lowest BCUT2D eigenvalue weighted by atomic mass is 9.84. The highest BCUT2D eigenvalue weighted by Crippen LogP contribution is 2.38. The van der Waals surface area contributed by atoms with Crippen LogP contribution in [0.2, 0.25) is 0 Å². The quantitative estimate of drug-likeness (QED) is 0.471. The predicted molar refractivity (Wildman–Crippen MR) is 111 cm³/mol.